The number of hydrogen-bond acceptors (Lipinski definition) is 6. The van der Waals surface area contributed by atoms with Gasteiger partial charge in [0.2, 0.25) is 5.91 Å². The van der Waals surface area contributed by atoms with Crippen LogP contribution in [0.2, 0.25) is 0 Å². The van der Waals surface area contributed by atoms with E-state index in [2.05, 4.69) is 15.4 Å². The Morgan fingerprint density at radius 1 is 1.57 bits per heavy atom. The first-order chi connectivity index (χ1) is 9.90. The van der Waals surface area contributed by atoms with E-state index in [9.17, 15) is 14.9 Å². The normalized spacial score (nSPS) is 12.1. The van der Waals surface area contributed by atoms with Crippen molar-refractivity contribution in [3.63, 3.8) is 0 Å². The summed E-state index contributed by atoms with van der Waals surface area (Å²) in [5.41, 5.74) is 0.805. The van der Waals surface area contributed by atoms with E-state index < -0.39 is 4.92 Å². The summed E-state index contributed by atoms with van der Waals surface area (Å²) in [6.45, 7) is 5.23. The van der Waals surface area contributed by atoms with Crippen molar-refractivity contribution in [2.75, 3.05) is 5.32 Å². The van der Waals surface area contributed by atoms with Gasteiger partial charge in [0.15, 0.2) is 5.13 Å². The van der Waals surface area contributed by atoms with Gasteiger partial charge in [0.25, 0.3) is 0 Å². The molecule has 0 aliphatic rings. The van der Waals surface area contributed by atoms with Crippen LogP contribution in [0.4, 0.5) is 10.8 Å². The van der Waals surface area contributed by atoms with Crippen molar-refractivity contribution in [1.29, 1.82) is 0 Å². The molecule has 1 unspecified atom stereocenters. The first kappa shape index (κ1) is 15.1. The van der Waals surface area contributed by atoms with E-state index in [-0.39, 0.29) is 24.1 Å². The van der Waals surface area contributed by atoms with Gasteiger partial charge in [-0.05, 0) is 13.8 Å². The van der Waals surface area contributed by atoms with Crippen molar-refractivity contribution in [2.45, 2.75) is 27.3 Å². The van der Waals surface area contributed by atoms with Gasteiger partial charge in [-0.3, -0.25) is 19.6 Å². The molecule has 1 amide bonds. The Morgan fingerprint density at radius 3 is 2.81 bits per heavy atom. The van der Waals surface area contributed by atoms with Crippen LogP contribution in [0.5, 0.6) is 0 Å². The predicted molar refractivity (Wildman–Crippen MR) is 78.3 cm³/mol. The highest BCUT2D eigenvalue weighted by Crippen LogP contribution is 2.22. The van der Waals surface area contributed by atoms with Gasteiger partial charge in [0.1, 0.15) is 11.4 Å². The van der Waals surface area contributed by atoms with Gasteiger partial charge in [-0.2, -0.15) is 5.10 Å². The van der Waals surface area contributed by atoms with E-state index in [0.29, 0.717) is 16.5 Å². The molecule has 8 nitrogen and oxygen atoms in total. The molecule has 0 aliphatic heterocycles. The summed E-state index contributed by atoms with van der Waals surface area (Å²) in [6.07, 6.45) is 1.61. The lowest BCUT2D eigenvalue weighted by atomic mass is 10.1. The van der Waals surface area contributed by atoms with Crippen LogP contribution >= 0.6 is 11.3 Å². The summed E-state index contributed by atoms with van der Waals surface area (Å²) < 4.78 is 1.50. The minimum absolute atomic E-state index is 0.00234. The average Bonchev–Trinajstić information content (AvgIpc) is 2.98. The van der Waals surface area contributed by atoms with Crippen LogP contribution in [0, 0.1) is 29.9 Å². The molecule has 2 rings (SSSR count). The minimum Gasteiger partial charge on any atom is -0.302 e. The van der Waals surface area contributed by atoms with Gasteiger partial charge in [0.05, 0.1) is 17.4 Å². The largest absolute Gasteiger partial charge is 0.312 e. The number of hydrogen-bond donors (Lipinski definition) is 1. The van der Waals surface area contributed by atoms with Crippen molar-refractivity contribution in [1.82, 2.24) is 14.8 Å². The van der Waals surface area contributed by atoms with Gasteiger partial charge in [-0.1, -0.05) is 6.92 Å². The lowest BCUT2D eigenvalue weighted by Gasteiger charge is -2.11. The number of aromatic nitrogens is 3. The van der Waals surface area contributed by atoms with Crippen LogP contribution in [0.15, 0.2) is 11.6 Å². The highest BCUT2D eigenvalue weighted by atomic mass is 32.1. The number of nitrogens with one attached hydrogen (secondary N) is 1. The SMILES string of the molecule is Cc1nn(CC(C)C(=O)Nc2nccs2)c(C)c1[N+](=O)[O-]. The predicted octanol–water partition coefficient (Wildman–Crippen LogP) is 2.14. The van der Waals surface area contributed by atoms with E-state index in [4.69, 9.17) is 0 Å². The standard InChI is InChI=1S/C12H15N5O3S/c1-7(11(18)14-12-13-4-5-21-12)6-16-9(3)10(17(19)20)8(2)15-16/h4-5,7H,6H2,1-3H3,(H,13,14,18). The van der Waals surface area contributed by atoms with E-state index in [1.807, 2.05) is 0 Å². The number of nitro groups is 1. The maximum absolute atomic E-state index is 12.0. The first-order valence-corrected chi connectivity index (χ1v) is 7.17. The summed E-state index contributed by atoms with van der Waals surface area (Å²) >= 11 is 1.33. The molecular weight excluding hydrogens is 294 g/mol. The second-order valence-electron chi connectivity index (χ2n) is 4.69. The van der Waals surface area contributed by atoms with Gasteiger partial charge >= 0.3 is 5.69 Å². The van der Waals surface area contributed by atoms with Crippen LogP contribution in [-0.4, -0.2) is 25.6 Å². The first-order valence-electron chi connectivity index (χ1n) is 6.29. The Kier molecular flexibility index (Phi) is 4.32. The zero-order valence-electron chi connectivity index (χ0n) is 11.9. The third-order valence-corrected chi connectivity index (χ3v) is 3.77. The number of carbonyl (C=O) groups is 1. The van der Waals surface area contributed by atoms with Crippen molar-refractivity contribution in [3.05, 3.63) is 33.1 Å². The molecule has 0 aromatic carbocycles. The Bertz CT molecular complexity index is 665. The van der Waals surface area contributed by atoms with Crippen molar-refractivity contribution >= 4 is 28.1 Å². The number of anilines is 1. The van der Waals surface area contributed by atoms with Gasteiger partial charge in [0, 0.05) is 11.6 Å². The number of rotatable bonds is 5. The molecule has 0 spiro atoms. The molecule has 2 heterocycles. The molecule has 2 aromatic rings. The molecule has 0 aliphatic carbocycles. The maximum Gasteiger partial charge on any atom is 0.312 e. The molecule has 0 saturated heterocycles. The number of amides is 1. The molecule has 2 aromatic heterocycles. The number of thiazole rings is 1. The molecule has 0 radical (unpaired) electrons. The summed E-state index contributed by atoms with van der Waals surface area (Å²) in [4.78, 5) is 26.5. The molecule has 112 valence electrons. The maximum atomic E-state index is 12.0. The van der Waals surface area contributed by atoms with E-state index in [1.165, 1.54) is 16.0 Å². The Morgan fingerprint density at radius 2 is 2.29 bits per heavy atom. The van der Waals surface area contributed by atoms with E-state index >= 15 is 0 Å². The van der Waals surface area contributed by atoms with Crippen LogP contribution in [-0.2, 0) is 11.3 Å². The van der Waals surface area contributed by atoms with Crippen molar-refractivity contribution in [3.8, 4) is 0 Å². The molecule has 0 bridgehead atoms. The lowest BCUT2D eigenvalue weighted by Crippen LogP contribution is -2.25. The minimum atomic E-state index is -0.450. The highest BCUT2D eigenvalue weighted by molar-refractivity contribution is 7.13. The third-order valence-electron chi connectivity index (χ3n) is 3.08. The summed E-state index contributed by atoms with van der Waals surface area (Å²) in [5, 5.41) is 20.1. The molecule has 1 N–H and O–H groups in total. The zero-order valence-corrected chi connectivity index (χ0v) is 12.7. The van der Waals surface area contributed by atoms with E-state index in [0.717, 1.165) is 0 Å². The highest BCUT2D eigenvalue weighted by Gasteiger charge is 2.24. The second-order valence-corrected chi connectivity index (χ2v) is 5.58. The fourth-order valence-corrected chi connectivity index (χ4v) is 2.52. The Labute approximate surface area is 125 Å². The summed E-state index contributed by atoms with van der Waals surface area (Å²) in [5.74, 6) is -0.577. The third kappa shape index (κ3) is 3.24. The quantitative estimate of drug-likeness (QED) is 0.673. The van der Waals surface area contributed by atoms with Gasteiger partial charge in [-0.15, -0.1) is 11.3 Å². The monoisotopic (exact) mass is 309 g/mol. The Hall–Kier alpha value is -2.29. The number of carbonyl (C=O) groups excluding carboxylic acids is 1. The van der Waals surface area contributed by atoms with Crippen LogP contribution < -0.4 is 5.32 Å². The molecule has 1 atom stereocenters. The molecule has 0 fully saturated rings. The number of nitrogens with zero attached hydrogens (tertiary/aromatic N) is 4. The topological polar surface area (TPSA) is 103 Å². The second kappa shape index (κ2) is 6.00. The Balaban J connectivity index is 2.09. The average molecular weight is 309 g/mol. The fourth-order valence-electron chi connectivity index (χ4n) is 1.99. The van der Waals surface area contributed by atoms with Crippen molar-refractivity contribution in [2.24, 2.45) is 5.92 Å². The summed E-state index contributed by atoms with van der Waals surface area (Å²) in [7, 11) is 0. The zero-order chi connectivity index (χ0) is 15.6. The molecule has 21 heavy (non-hydrogen) atoms. The molecule has 0 saturated carbocycles. The van der Waals surface area contributed by atoms with Crippen LogP contribution in [0.1, 0.15) is 18.3 Å². The van der Waals surface area contributed by atoms with Crippen LogP contribution in [0.3, 0.4) is 0 Å². The van der Waals surface area contributed by atoms with Crippen LogP contribution in [0.25, 0.3) is 0 Å². The smallest absolute Gasteiger partial charge is 0.302 e. The molecular formula is C12H15N5O3S. The summed E-state index contributed by atoms with van der Waals surface area (Å²) in [6, 6.07) is 0. The van der Waals surface area contributed by atoms with Crippen molar-refractivity contribution < 1.29 is 9.72 Å². The van der Waals surface area contributed by atoms with Gasteiger partial charge in [-0.25, -0.2) is 4.98 Å². The number of aryl methyl sites for hydroxylation is 1. The molecule has 9 heteroatoms. The fraction of sp³-hybridized carbons (Fsp3) is 0.417. The lowest BCUT2D eigenvalue weighted by molar-refractivity contribution is -0.386. The van der Waals surface area contributed by atoms with E-state index in [1.54, 1.807) is 32.3 Å². The van der Waals surface area contributed by atoms with Gasteiger partial charge < -0.3 is 5.32 Å².